The Morgan fingerprint density at radius 1 is 1.62 bits per heavy atom. The molecule has 16 heavy (non-hydrogen) atoms. The molecule has 1 aromatic carbocycles. The number of rotatable bonds is 4. The molecule has 0 heterocycles. The summed E-state index contributed by atoms with van der Waals surface area (Å²) in [5.74, 6) is -0.538. The van der Waals surface area contributed by atoms with Gasteiger partial charge in [-0.05, 0) is 15.9 Å². The third-order valence-electron chi connectivity index (χ3n) is 2.09. The number of nitro benzene ring substituents is 1. The molecule has 88 valence electrons. The van der Waals surface area contributed by atoms with Crippen molar-refractivity contribution in [2.45, 2.75) is 0 Å². The van der Waals surface area contributed by atoms with E-state index in [1.165, 1.54) is 0 Å². The van der Waals surface area contributed by atoms with Crippen LogP contribution < -0.4 is 10.6 Å². The lowest BCUT2D eigenvalue weighted by Gasteiger charge is -2.18. The molecule has 0 amide bonds. The molecule has 0 saturated heterocycles. The molecule has 0 aliphatic carbocycles. The Bertz CT molecular complexity index is 414. The van der Waals surface area contributed by atoms with Crippen LogP contribution in [0.1, 0.15) is 0 Å². The number of nitro groups is 1. The molecule has 0 unspecified atom stereocenters. The number of benzene rings is 1. The molecule has 0 radical (unpaired) electrons. The zero-order valence-electron chi connectivity index (χ0n) is 8.61. The smallest absolute Gasteiger partial charge is 0.293 e. The molecule has 1 rings (SSSR count). The Morgan fingerprint density at radius 3 is 2.75 bits per heavy atom. The summed E-state index contributed by atoms with van der Waals surface area (Å²) in [7, 11) is 1.63. The lowest BCUT2D eigenvalue weighted by molar-refractivity contribution is -0.384. The van der Waals surface area contributed by atoms with Crippen LogP contribution in [0.15, 0.2) is 16.6 Å². The van der Waals surface area contributed by atoms with Crippen LogP contribution in [-0.2, 0) is 0 Å². The molecule has 0 saturated carbocycles. The van der Waals surface area contributed by atoms with E-state index in [0.29, 0.717) is 13.1 Å². The largest absolute Gasteiger partial charge is 0.368 e. The number of nitrogens with two attached hydrogens (primary N) is 1. The highest BCUT2D eigenvalue weighted by atomic mass is 79.9. The molecule has 0 aromatic heterocycles. The van der Waals surface area contributed by atoms with Crippen molar-refractivity contribution in [1.82, 2.24) is 0 Å². The normalized spacial score (nSPS) is 10.2. The van der Waals surface area contributed by atoms with E-state index in [2.05, 4.69) is 15.9 Å². The van der Waals surface area contributed by atoms with Gasteiger partial charge in [0.1, 0.15) is 11.5 Å². The second-order valence-electron chi connectivity index (χ2n) is 3.22. The number of hydrogen-bond acceptors (Lipinski definition) is 4. The summed E-state index contributed by atoms with van der Waals surface area (Å²) in [6.07, 6.45) is 0. The summed E-state index contributed by atoms with van der Waals surface area (Å²) in [5, 5.41) is 10.8. The fraction of sp³-hybridized carbons (Fsp3) is 0.333. The van der Waals surface area contributed by atoms with Crippen LogP contribution >= 0.6 is 15.9 Å². The van der Waals surface area contributed by atoms with Crippen LogP contribution in [0.25, 0.3) is 0 Å². The molecule has 0 spiro atoms. The van der Waals surface area contributed by atoms with Crippen LogP contribution in [0, 0.1) is 15.9 Å². The monoisotopic (exact) mass is 291 g/mol. The lowest BCUT2D eigenvalue weighted by Crippen LogP contribution is -2.25. The highest BCUT2D eigenvalue weighted by molar-refractivity contribution is 9.10. The van der Waals surface area contributed by atoms with Gasteiger partial charge < -0.3 is 10.6 Å². The van der Waals surface area contributed by atoms with Gasteiger partial charge in [-0.25, -0.2) is 4.39 Å². The summed E-state index contributed by atoms with van der Waals surface area (Å²) in [5.41, 5.74) is 5.42. The molecule has 0 atom stereocenters. The van der Waals surface area contributed by atoms with E-state index >= 15 is 0 Å². The molecule has 1 aromatic rings. The highest BCUT2D eigenvalue weighted by Gasteiger charge is 2.19. The fourth-order valence-corrected chi connectivity index (χ4v) is 1.62. The van der Waals surface area contributed by atoms with Crippen molar-refractivity contribution >= 4 is 27.3 Å². The van der Waals surface area contributed by atoms with Crippen LogP contribution in [0.4, 0.5) is 15.8 Å². The minimum Gasteiger partial charge on any atom is -0.368 e. The quantitative estimate of drug-likeness (QED) is 0.679. The lowest BCUT2D eigenvalue weighted by atomic mass is 10.2. The summed E-state index contributed by atoms with van der Waals surface area (Å²) in [4.78, 5) is 11.8. The van der Waals surface area contributed by atoms with E-state index in [-0.39, 0.29) is 15.8 Å². The first-order chi connectivity index (χ1) is 7.47. The van der Waals surface area contributed by atoms with Gasteiger partial charge in [0.05, 0.1) is 9.40 Å². The molecule has 0 fully saturated rings. The molecule has 0 aliphatic rings. The average Bonchev–Trinajstić information content (AvgIpc) is 2.21. The molecule has 2 N–H and O–H groups in total. The van der Waals surface area contributed by atoms with Gasteiger partial charge in [-0.3, -0.25) is 10.1 Å². The van der Waals surface area contributed by atoms with Crippen molar-refractivity contribution in [3.63, 3.8) is 0 Å². The zero-order valence-corrected chi connectivity index (χ0v) is 10.2. The van der Waals surface area contributed by atoms with E-state index < -0.39 is 10.7 Å². The number of hydrogen-bond donors (Lipinski definition) is 1. The summed E-state index contributed by atoms with van der Waals surface area (Å²) in [6.45, 7) is 0.757. The number of halogens is 2. The van der Waals surface area contributed by atoms with Crippen LogP contribution in [0.3, 0.4) is 0 Å². The Labute approximate surface area is 100 Å². The van der Waals surface area contributed by atoms with Crippen molar-refractivity contribution < 1.29 is 9.31 Å². The van der Waals surface area contributed by atoms with E-state index in [9.17, 15) is 14.5 Å². The maximum Gasteiger partial charge on any atom is 0.293 e. The zero-order chi connectivity index (χ0) is 12.3. The van der Waals surface area contributed by atoms with Crippen LogP contribution in [0.2, 0.25) is 0 Å². The van der Waals surface area contributed by atoms with E-state index in [1.807, 2.05) is 0 Å². The Morgan fingerprint density at radius 2 is 2.25 bits per heavy atom. The average molecular weight is 292 g/mol. The second kappa shape index (κ2) is 5.22. The first kappa shape index (κ1) is 12.9. The Kier molecular flexibility index (Phi) is 4.19. The maximum atomic E-state index is 13.3. The maximum absolute atomic E-state index is 13.3. The predicted octanol–water partition coefficient (Wildman–Crippen LogP) is 1.89. The van der Waals surface area contributed by atoms with Gasteiger partial charge in [0.2, 0.25) is 0 Å². The van der Waals surface area contributed by atoms with Gasteiger partial charge in [-0.15, -0.1) is 0 Å². The van der Waals surface area contributed by atoms with Gasteiger partial charge in [0.25, 0.3) is 5.69 Å². The number of likely N-dealkylation sites (N-methyl/N-ethyl adjacent to an activating group) is 1. The van der Waals surface area contributed by atoms with Gasteiger partial charge >= 0.3 is 0 Å². The topological polar surface area (TPSA) is 72.4 Å². The highest BCUT2D eigenvalue weighted by Crippen LogP contribution is 2.32. The van der Waals surface area contributed by atoms with Gasteiger partial charge in [-0.2, -0.15) is 0 Å². The number of nitrogens with zero attached hydrogens (tertiary/aromatic N) is 2. The van der Waals surface area contributed by atoms with Crippen molar-refractivity contribution in [3.05, 3.63) is 32.5 Å². The van der Waals surface area contributed by atoms with Crippen LogP contribution in [-0.4, -0.2) is 25.1 Å². The fourth-order valence-electron chi connectivity index (χ4n) is 1.29. The second-order valence-corrected chi connectivity index (χ2v) is 4.08. The van der Waals surface area contributed by atoms with Crippen molar-refractivity contribution in [2.24, 2.45) is 5.73 Å². The summed E-state index contributed by atoms with van der Waals surface area (Å²) >= 11 is 2.91. The van der Waals surface area contributed by atoms with Crippen molar-refractivity contribution in [3.8, 4) is 0 Å². The standard InChI is InChI=1S/C9H11BrFN3O2/c1-13(3-2-12)8-5-7(11)6(10)4-9(8)14(15)16/h4-5H,2-3,12H2,1H3. The first-order valence-corrected chi connectivity index (χ1v) is 5.31. The molecule has 5 nitrogen and oxygen atoms in total. The predicted molar refractivity (Wildman–Crippen MR) is 63.1 cm³/mol. The number of anilines is 1. The molecule has 0 aliphatic heterocycles. The molecule has 0 bridgehead atoms. The Balaban J connectivity index is 3.24. The molecule has 7 heteroatoms. The van der Waals surface area contributed by atoms with E-state index in [4.69, 9.17) is 5.73 Å². The van der Waals surface area contributed by atoms with Crippen LogP contribution in [0.5, 0.6) is 0 Å². The molecular weight excluding hydrogens is 281 g/mol. The summed E-state index contributed by atoms with van der Waals surface area (Å²) in [6, 6.07) is 2.27. The van der Waals surface area contributed by atoms with Gasteiger partial charge in [-0.1, -0.05) is 0 Å². The molecular formula is C9H11BrFN3O2. The SMILES string of the molecule is CN(CCN)c1cc(F)c(Br)cc1[N+](=O)[O-]. The van der Waals surface area contributed by atoms with E-state index in [0.717, 1.165) is 12.1 Å². The van der Waals surface area contributed by atoms with E-state index in [1.54, 1.807) is 11.9 Å². The third kappa shape index (κ3) is 2.67. The minimum absolute atomic E-state index is 0.0732. The van der Waals surface area contributed by atoms with Gasteiger partial charge in [0.15, 0.2) is 0 Å². The summed E-state index contributed by atoms with van der Waals surface area (Å²) < 4.78 is 13.4. The van der Waals surface area contributed by atoms with Gasteiger partial charge in [0, 0.05) is 32.3 Å². The first-order valence-electron chi connectivity index (χ1n) is 4.52. The Hall–Kier alpha value is -1.21. The van der Waals surface area contributed by atoms with Crippen molar-refractivity contribution in [1.29, 1.82) is 0 Å². The third-order valence-corrected chi connectivity index (χ3v) is 2.70. The van der Waals surface area contributed by atoms with Crippen molar-refractivity contribution in [2.75, 3.05) is 25.0 Å². The minimum atomic E-state index is -0.549.